The van der Waals surface area contributed by atoms with Gasteiger partial charge >= 0.3 is 0 Å². The average Bonchev–Trinajstić information content (AvgIpc) is 2.04. The van der Waals surface area contributed by atoms with Crippen LogP contribution in [0.2, 0.25) is 0 Å². The highest BCUT2D eigenvalue weighted by molar-refractivity contribution is 4.86. The van der Waals surface area contributed by atoms with Crippen LogP contribution in [-0.2, 0) is 0 Å². The second-order valence-corrected chi connectivity index (χ2v) is 5.87. The van der Waals surface area contributed by atoms with Gasteiger partial charge in [0.15, 0.2) is 0 Å². The molecule has 2 heteroatoms. The summed E-state index contributed by atoms with van der Waals surface area (Å²) in [6.45, 7) is 8.61. The first-order valence-electron chi connectivity index (χ1n) is 7.28. The molecule has 0 aromatic carbocycles. The highest BCUT2D eigenvalue weighted by atomic mass is 15.3. The third-order valence-corrected chi connectivity index (χ3v) is 2.49. The van der Waals surface area contributed by atoms with Gasteiger partial charge in [-0.25, -0.2) is 0 Å². The van der Waals surface area contributed by atoms with Crippen molar-refractivity contribution >= 4 is 0 Å². The third-order valence-electron chi connectivity index (χ3n) is 2.49. The number of hydrogen-bond donors (Lipinski definition) is 0. The van der Waals surface area contributed by atoms with Gasteiger partial charge in [0.1, 0.15) is 0 Å². The molecule has 1 aliphatic heterocycles. The molecular weight excluding hydrogens is 172 g/mol. The van der Waals surface area contributed by atoms with Crippen LogP contribution in [0.1, 0.15) is 47.0 Å². The summed E-state index contributed by atoms with van der Waals surface area (Å²) in [7, 11) is 0. The van der Waals surface area contributed by atoms with Crippen LogP contribution in [0.4, 0.5) is 0 Å². The van der Waals surface area contributed by atoms with Crippen LogP contribution in [0.3, 0.4) is 0 Å². The summed E-state index contributed by atoms with van der Waals surface area (Å²) >= 11 is 0. The molecule has 0 aromatic heterocycles. The Morgan fingerprint density at radius 1 is 0.786 bits per heavy atom. The van der Waals surface area contributed by atoms with Crippen LogP contribution < -0.4 is 0 Å². The summed E-state index contributed by atoms with van der Waals surface area (Å²) in [6, 6.07) is 0. The largest absolute Gasteiger partial charge is 0.296 e. The van der Waals surface area contributed by atoms with Crippen molar-refractivity contribution in [1.82, 2.24) is 9.80 Å². The SMILES string of the molecule is [2H]C1([2H])N(C(C)(C)C)CCN(C(C)(C)C)C1([2H])[2H]. The van der Waals surface area contributed by atoms with E-state index in [4.69, 9.17) is 5.48 Å². The minimum absolute atomic E-state index is 0.388. The van der Waals surface area contributed by atoms with Gasteiger partial charge in [-0.3, -0.25) is 9.80 Å². The zero-order valence-corrected chi connectivity index (χ0v) is 10.3. The van der Waals surface area contributed by atoms with Crippen molar-refractivity contribution in [2.45, 2.75) is 52.6 Å². The molecule has 1 rings (SSSR count). The number of piperazine rings is 1. The van der Waals surface area contributed by atoms with Crippen LogP contribution in [0.25, 0.3) is 0 Å². The van der Waals surface area contributed by atoms with E-state index in [-0.39, 0.29) is 11.1 Å². The molecule has 1 heterocycles. The summed E-state index contributed by atoms with van der Waals surface area (Å²) < 4.78 is 32.9. The maximum atomic E-state index is 8.23. The molecule has 0 aromatic rings. The van der Waals surface area contributed by atoms with Crippen molar-refractivity contribution in [1.29, 1.82) is 0 Å². The first-order valence-corrected chi connectivity index (χ1v) is 5.28. The van der Waals surface area contributed by atoms with E-state index in [1.807, 2.05) is 41.5 Å². The van der Waals surface area contributed by atoms with E-state index in [1.54, 1.807) is 9.80 Å². The quantitative estimate of drug-likeness (QED) is 0.594. The van der Waals surface area contributed by atoms with E-state index in [0.717, 1.165) is 0 Å². The van der Waals surface area contributed by atoms with Gasteiger partial charge in [0.25, 0.3) is 0 Å². The second-order valence-electron chi connectivity index (χ2n) is 5.87. The molecule has 0 aliphatic carbocycles. The highest BCUT2D eigenvalue weighted by Crippen LogP contribution is 2.20. The standard InChI is InChI=1S/C12H26N2/c1-11(2,3)13-7-9-14(10-8-13)12(4,5)6/h7-10H2,1-6H3/i7D2,9D2. The molecule has 0 spiro atoms. The Labute approximate surface area is 94.9 Å². The van der Waals surface area contributed by atoms with Gasteiger partial charge in [-0.05, 0) is 41.5 Å². The fraction of sp³-hybridized carbons (Fsp3) is 1.00. The van der Waals surface area contributed by atoms with Gasteiger partial charge in [-0.15, -0.1) is 0 Å². The van der Waals surface area contributed by atoms with E-state index in [0.29, 0.717) is 13.1 Å². The van der Waals surface area contributed by atoms with Crippen molar-refractivity contribution in [3.05, 3.63) is 0 Å². The van der Waals surface area contributed by atoms with Crippen molar-refractivity contribution in [2.75, 3.05) is 26.1 Å². The Morgan fingerprint density at radius 3 is 1.29 bits per heavy atom. The lowest BCUT2D eigenvalue weighted by atomic mass is 10.0. The lowest BCUT2D eigenvalue weighted by Gasteiger charge is -2.46. The fourth-order valence-corrected chi connectivity index (χ4v) is 1.44. The van der Waals surface area contributed by atoms with Crippen LogP contribution in [0.15, 0.2) is 0 Å². The zero-order chi connectivity index (χ0) is 14.6. The maximum Gasteiger partial charge on any atom is 0.0444 e. The molecule has 84 valence electrons. The molecular formula is C12H26N2. The number of rotatable bonds is 0. The van der Waals surface area contributed by atoms with Gasteiger partial charge in [-0.2, -0.15) is 0 Å². The molecule has 1 aliphatic rings. The first-order chi connectivity index (χ1) is 7.72. The Hall–Kier alpha value is -0.0800. The second kappa shape index (κ2) is 3.82. The Bertz CT molecular complexity index is 283. The Kier molecular flexibility index (Phi) is 1.97. The fourth-order valence-electron chi connectivity index (χ4n) is 1.44. The zero-order valence-electron chi connectivity index (χ0n) is 14.3. The van der Waals surface area contributed by atoms with Crippen LogP contribution in [0, 0.1) is 0 Å². The molecule has 0 unspecified atom stereocenters. The molecule has 0 saturated carbocycles. The monoisotopic (exact) mass is 202 g/mol. The van der Waals surface area contributed by atoms with E-state index in [2.05, 4.69) is 0 Å². The topological polar surface area (TPSA) is 6.48 Å². The summed E-state index contributed by atoms with van der Waals surface area (Å²) in [5.74, 6) is 0. The molecule has 0 radical (unpaired) electrons. The summed E-state index contributed by atoms with van der Waals surface area (Å²) in [5, 5.41) is 0. The molecule has 0 N–H and O–H groups in total. The minimum atomic E-state index is -2.00. The molecule has 1 fully saturated rings. The predicted octanol–water partition coefficient (Wildman–Crippen LogP) is 2.20. The van der Waals surface area contributed by atoms with E-state index in [9.17, 15) is 0 Å². The molecule has 0 atom stereocenters. The van der Waals surface area contributed by atoms with Crippen molar-refractivity contribution < 1.29 is 5.48 Å². The number of nitrogens with zero attached hydrogens (tertiary/aromatic N) is 2. The van der Waals surface area contributed by atoms with E-state index in [1.165, 1.54) is 0 Å². The van der Waals surface area contributed by atoms with Gasteiger partial charge in [0.2, 0.25) is 0 Å². The van der Waals surface area contributed by atoms with Crippen molar-refractivity contribution in [3.8, 4) is 0 Å². The molecule has 14 heavy (non-hydrogen) atoms. The molecule has 2 nitrogen and oxygen atoms in total. The van der Waals surface area contributed by atoms with Gasteiger partial charge in [0.05, 0.1) is 0 Å². The number of hydrogen-bond acceptors (Lipinski definition) is 2. The summed E-state index contributed by atoms with van der Waals surface area (Å²) in [6.07, 6.45) is 0. The lowest BCUT2D eigenvalue weighted by Crippen LogP contribution is -2.57. The van der Waals surface area contributed by atoms with Gasteiger partial charge < -0.3 is 0 Å². The van der Waals surface area contributed by atoms with Gasteiger partial charge in [-0.1, -0.05) is 0 Å². The third kappa shape index (κ3) is 2.96. The van der Waals surface area contributed by atoms with Crippen LogP contribution in [-0.4, -0.2) is 47.0 Å². The predicted molar refractivity (Wildman–Crippen MR) is 62.7 cm³/mol. The summed E-state index contributed by atoms with van der Waals surface area (Å²) in [4.78, 5) is 3.25. The molecule has 0 bridgehead atoms. The van der Waals surface area contributed by atoms with E-state index >= 15 is 0 Å². The molecule has 1 saturated heterocycles. The maximum absolute atomic E-state index is 8.23. The summed E-state index contributed by atoms with van der Waals surface area (Å²) in [5.41, 5.74) is -0.776. The Morgan fingerprint density at radius 2 is 1.07 bits per heavy atom. The van der Waals surface area contributed by atoms with Crippen molar-refractivity contribution in [3.63, 3.8) is 0 Å². The van der Waals surface area contributed by atoms with Gasteiger partial charge in [0, 0.05) is 42.6 Å². The van der Waals surface area contributed by atoms with E-state index < -0.39 is 13.0 Å². The lowest BCUT2D eigenvalue weighted by molar-refractivity contribution is 0.0211. The van der Waals surface area contributed by atoms with Crippen LogP contribution >= 0.6 is 0 Å². The first kappa shape index (κ1) is 7.24. The normalized spacial score (nSPS) is 34.1. The average molecular weight is 202 g/mol. The molecule has 0 amide bonds. The highest BCUT2D eigenvalue weighted by Gasteiger charge is 2.30. The van der Waals surface area contributed by atoms with Crippen LogP contribution in [0.5, 0.6) is 0 Å². The smallest absolute Gasteiger partial charge is 0.0444 e. The Balaban J connectivity index is 3.18. The minimum Gasteiger partial charge on any atom is -0.296 e. The van der Waals surface area contributed by atoms with Crippen molar-refractivity contribution in [2.24, 2.45) is 0 Å².